The van der Waals surface area contributed by atoms with E-state index in [4.69, 9.17) is 11.6 Å². The van der Waals surface area contributed by atoms with Crippen molar-refractivity contribution in [2.24, 2.45) is 0 Å². The van der Waals surface area contributed by atoms with Gasteiger partial charge in [0, 0.05) is 18.7 Å². The number of carbonyl (C=O) groups is 1. The van der Waals surface area contributed by atoms with Gasteiger partial charge in [0.25, 0.3) is 0 Å². The maximum absolute atomic E-state index is 11.8. The Kier molecular flexibility index (Phi) is 6.02. The van der Waals surface area contributed by atoms with Crippen LogP contribution in [0.15, 0.2) is 6.33 Å². The molecule has 6 heteroatoms. The fourth-order valence-electron chi connectivity index (χ4n) is 1.83. The van der Waals surface area contributed by atoms with Crippen LogP contribution in [0.4, 0.5) is 5.82 Å². The number of hydrogen-bond donors (Lipinski definition) is 1. The zero-order valence-corrected chi connectivity index (χ0v) is 12.7. The third-order valence-electron chi connectivity index (χ3n) is 2.56. The molecule has 0 radical (unpaired) electrons. The second-order valence-electron chi connectivity index (χ2n) is 4.79. The summed E-state index contributed by atoms with van der Waals surface area (Å²) in [7, 11) is 1.83. The van der Waals surface area contributed by atoms with Crippen LogP contribution in [-0.4, -0.2) is 35.5 Å². The maximum atomic E-state index is 11.8. The van der Waals surface area contributed by atoms with Crippen LogP contribution >= 0.6 is 11.6 Å². The number of hydrogen-bond acceptors (Lipinski definition) is 4. The van der Waals surface area contributed by atoms with Gasteiger partial charge in [-0.3, -0.25) is 4.79 Å². The van der Waals surface area contributed by atoms with Crippen LogP contribution in [-0.2, 0) is 11.2 Å². The largest absolute Gasteiger partial charge is 0.352 e. The molecular formula is C13H21ClN4O. The summed E-state index contributed by atoms with van der Waals surface area (Å²) in [4.78, 5) is 21.8. The Morgan fingerprint density at radius 3 is 2.74 bits per heavy atom. The fourth-order valence-corrected chi connectivity index (χ4v) is 2.06. The van der Waals surface area contributed by atoms with Gasteiger partial charge in [-0.15, -0.1) is 0 Å². The summed E-state index contributed by atoms with van der Waals surface area (Å²) in [6.45, 7) is 6.19. The van der Waals surface area contributed by atoms with E-state index in [0.29, 0.717) is 5.15 Å². The number of carbonyl (C=O) groups excluding carboxylic acids is 1. The lowest BCUT2D eigenvalue weighted by Crippen LogP contribution is -2.39. The summed E-state index contributed by atoms with van der Waals surface area (Å²) in [5.41, 5.74) is 0.895. The number of nitrogens with one attached hydrogen (secondary N) is 1. The molecule has 1 N–H and O–H groups in total. The molecule has 1 amide bonds. The Balaban J connectivity index is 2.84. The molecule has 1 rings (SSSR count). The molecule has 0 saturated carbocycles. The quantitative estimate of drug-likeness (QED) is 0.812. The molecule has 1 aromatic rings. The number of aromatic nitrogens is 2. The van der Waals surface area contributed by atoms with Crippen molar-refractivity contribution in [3.63, 3.8) is 0 Å². The predicted octanol–water partition coefficient (Wildman–Crippen LogP) is 2.04. The molecule has 0 fully saturated rings. The molecule has 19 heavy (non-hydrogen) atoms. The molecule has 0 aliphatic heterocycles. The Bertz CT molecular complexity index is 437. The Hall–Kier alpha value is -1.36. The first kappa shape index (κ1) is 15.7. The van der Waals surface area contributed by atoms with Crippen LogP contribution < -0.4 is 10.2 Å². The summed E-state index contributed by atoms with van der Waals surface area (Å²) in [6.07, 6.45) is 3.17. The van der Waals surface area contributed by atoms with Gasteiger partial charge in [0.2, 0.25) is 5.91 Å². The number of anilines is 1. The number of rotatable bonds is 6. The van der Waals surface area contributed by atoms with Crippen molar-refractivity contribution in [3.8, 4) is 0 Å². The van der Waals surface area contributed by atoms with E-state index in [1.54, 1.807) is 4.90 Å². The highest BCUT2D eigenvalue weighted by molar-refractivity contribution is 6.30. The van der Waals surface area contributed by atoms with Gasteiger partial charge in [0.1, 0.15) is 17.3 Å². The van der Waals surface area contributed by atoms with E-state index in [1.165, 1.54) is 6.33 Å². The highest BCUT2D eigenvalue weighted by Crippen LogP contribution is 2.23. The molecule has 0 aliphatic carbocycles. The normalized spacial score (nSPS) is 10.6. The van der Waals surface area contributed by atoms with Crippen molar-refractivity contribution in [1.29, 1.82) is 0 Å². The molecular weight excluding hydrogens is 264 g/mol. The zero-order chi connectivity index (χ0) is 14.4. The highest BCUT2D eigenvalue weighted by Gasteiger charge is 2.15. The molecule has 0 unspecified atom stereocenters. The lowest BCUT2D eigenvalue weighted by atomic mass is 10.2. The van der Waals surface area contributed by atoms with E-state index in [1.807, 2.05) is 20.9 Å². The highest BCUT2D eigenvalue weighted by atomic mass is 35.5. The molecule has 0 aliphatic rings. The summed E-state index contributed by atoms with van der Waals surface area (Å²) in [5, 5.41) is 3.31. The molecule has 5 nitrogen and oxygen atoms in total. The van der Waals surface area contributed by atoms with Crippen molar-refractivity contribution in [3.05, 3.63) is 17.0 Å². The second-order valence-corrected chi connectivity index (χ2v) is 5.15. The van der Waals surface area contributed by atoms with Gasteiger partial charge in [-0.1, -0.05) is 24.9 Å². The van der Waals surface area contributed by atoms with Crippen molar-refractivity contribution in [1.82, 2.24) is 15.3 Å². The van der Waals surface area contributed by atoms with Crippen LogP contribution in [0.1, 0.15) is 32.8 Å². The summed E-state index contributed by atoms with van der Waals surface area (Å²) >= 11 is 6.09. The topological polar surface area (TPSA) is 58.1 Å². The lowest BCUT2D eigenvalue weighted by Gasteiger charge is -2.21. The van der Waals surface area contributed by atoms with Gasteiger partial charge in [0.05, 0.1) is 6.54 Å². The first-order valence-electron chi connectivity index (χ1n) is 6.45. The number of halogens is 1. The van der Waals surface area contributed by atoms with Gasteiger partial charge >= 0.3 is 0 Å². The third-order valence-corrected chi connectivity index (χ3v) is 2.89. The van der Waals surface area contributed by atoms with E-state index < -0.39 is 0 Å². The Labute approximate surface area is 119 Å². The van der Waals surface area contributed by atoms with Crippen molar-refractivity contribution >= 4 is 23.3 Å². The third kappa shape index (κ3) is 4.67. The van der Waals surface area contributed by atoms with Crippen molar-refractivity contribution < 1.29 is 4.79 Å². The fraction of sp³-hybridized carbons (Fsp3) is 0.615. The smallest absolute Gasteiger partial charge is 0.239 e. The average molecular weight is 285 g/mol. The van der Waals surface area contributed by atoms with Crippen LogP contribution in [0.3, 0.4) is 0 Å². The molecule has 106 valence electrons. The molecule has 0 saturated heterocycles. The minimum absolute atomic E-state index is 0.0327. The van der Waals surface area contributed by atoms with Gasteiger partial charge in [-0.2, -0.15) is 0 Å². The summed E-state index contributed by atoms with van der Waals surface area (Å²) < 4.78 is 0. The van der Waals surface area contributed by atoms with Crippen LogP contribution in [0.5, 0.6) is 0 Å². The maximum Gasteiger partial charge on any atom is 0.239 e. The molecule has 1 heterocycles. The summed E-state index contributed by atoms with van der Waals surface area (Å²) in [6, 6.07) is 0.130. The standard InChI is InChI=1S/C13H21ClN4O/c1-5-6-10-12(14)15-8-16-13(10)18(4)7-11(19)17-9(2)3/h8-9H,5-7H2,1-4H3,(H,17,19). The summed E-state index contributed by atoms with van der Waals surface area (Å²) in [5.74, 6) is 0.690. The van der Waals surface area contributed by atoms with E-state index in [9.17, 15) is 4.79 Å². The number of likely N-dealkylation sites (N-methyl/N-ethyl adjacent to an activating group) is 1. The van der Waals surface area contributed by atoms with E-state index in [2.05, 4.69) is 22.2 Å². The molecule has 0 bridgehead atoms. The lowest BCUT2D eigenvalue weighted by molar-refractivity contribution is -0.120. The van der Waals surface area contributed by atoms with Gasteiger partial charge in [0.15, 0.2) is 0 Å². The van der Waals surface area contributed by atoms with E-state index in [-0.39, 0.29) is 18.5 Å². The average Bonchev–Trinajstić information content (AvgIpc) is 2.30. The minimum Gasteiger partial charge on any atom is -0.352 e. The molecule has 0 spiro atoms. The number of amides is 1. The predicted molar refractivity (Wildman–Crippen MR) is 77.6 cm³/mol. The minimum atomic E-state index is -0.0327. The first-order valence-corrected chi connectivity index (χ1v) is 6.83. The van der Waals surface area contributed by atoms with Gasteiger partial charge in [-0.05, 0) is 20.3 Å². The second kappa shape index (κ2) is 7.28. The van der Waals surface area contributed by atoms with Crippen molar-refractivity contribution in [2.75, 3.05) is 18.5 Å². The Morgan fingerprint density at radius 2 is 2.16 bits per heavy atom. The number of nitrogens with zero attached hydrogens (tertiary/aromatic N) is 3. The zero-order valence-electron chi connectivity index (χ0n) is 11.9. The van der Waals surface area contributed by atoms with Gasteiger partial charge < -0.3 is 10.2 Å². The molecule has 0 aromatic carbocycles. The van der Waals surface area contributed by atoms with Crippen LogP contribution in [0.2, 0.25) is 5.15 Å². The Morgan fingerprint density at radius 1 is 1.47 bits per heavy atom. The molecule has 1 aromatic heterocycles. The van der Waals surface area contributed by atoms with Gasteiger partial charge in [-0.25, -0.2) is 9.97 Å². The monoisotopic (exact) mass is 284 g/mol. The van der Waals surface area contributed by atoms with Crippen LogP contribution in [0, 0.1) is 0 Å². The first-order chi connectivity index (χ1) is 8.95. The van der Waals surface area contributed by atoms with E-state index in [0.717, 1.165) is 24.2 Å². The SMILES string of the molecule is CCCc1c(Cl)ncnc1N(C)CC(=O)NC(C)C. The molecule has 0 atom stereocenters. The van der Waals surface area contributed by atoms with Crippen LogP contribution in [0.25, 0.3) is 0 Å². The van der Waals surface area contributed by atoms with E-state index >= 15 is 0 Å². The van der Waals surface area contributed by atoms with Crippen molar-refractivity contribution in [2.45, 2.75) is 39.7 Å².